The van der Waals surface area contributed by atoms with Gasteiger partial charge in [-0.1, -0.05) is 6.08 Å². The summed E-state index contributed by atoms with van der Waals surface area (Å²) in [5.74, 6) is 0. The molecule has 0 spiro atoms. The van der Waals surface area contributed by atoms with Gasteiger partial charge in [0, 0.05) is 17.3 Å². The van der Waals surface area contributed by atoms with Crippen LogP contribution in [0.1, 0.15) is 10.4 Å². The van der Waals surface area contributed by atoms with Crippen molar-refractivity contribution in [2.24, 2.45) is 0 Å². The first-order chi connectivity index (χ1) is 6.77. The number of aryl methyl sites for hydroxylation is 1. The molecule has 0 fully saturated rings. The number of nitrogens with one attached hydrogen (secondary N) is 1. The molecule has 1 nitrogen and oxygen atoms in total. The van der Waals surface area contributed by atoms with Crippen LogP contribution in [0.4, 0.5) is 0 Å². The number of halogens is 1. The van der Waals surface area contributed by atoms with E-state index in [0.29, 0.717) is 0 Å². The first-order valence-corrected chi connectivity index (χ1v) is 5.94. The van der Waals surface area contributed by atoms with Crippen molar-refractivity contribution in [3.8, 4) is 0 Å². The lowest BCUT2D eigenvalue weighted by Crippen LogP contribution is -1.88. The number of hydrogen-bond acceptors (Lipinski definition) is 2. The summed E-state index contributed by atoms with van der Waals surface area (Å²) in [4.78, 5) is 1.32. The van der Waals surface area contributed by atoms with Crippen LogP contribution in [0.15, 0.2) is 40.5 Å². The van der Waals surface area contributed by atoms with Gasteiger partial charge in [-0.25, -0.2) is 0 Å². The molecule has 1 aromatic rings. The third kappa shape index (κ3) is 1.99. The molecule has 0 amide bonds. The van der Waals surface area contributed by atoms with Gasteiger partial charge in [0.05, 0.1) is 3.79 Å². The SMILES string of the molecule is Cc1cc(Br)sc1C1=CC=CNC=C1. The maximum absolute atomic E-state index is 3.50. The largest absolute Gasteiger partial charge is 0.368 e. The van der Waals surface area contributed by atoms with Crippen molar-refractivity contribution >= 4 is 32.8 Å². The second-order valence-corrected chi connectivity index (χ2v) is 5.48. The molecule has 72 valence electrons. The summed E-state index contributed by atoms with van der Waals surface area (Å²) in [5, 5.41) is 3.05. The first kappa shape index (κ1) is 9.74. The van der Waals surface area contributed by atoms with Crippen LogP contribution in [-0.4, -0.2) is 0 Å². The van der Waals surface area contributed by atoms with Gasteiger partial charge in [0.15, 0.2) is 0 Å². The van der Waals surface area contributed by atoms with E-state index in [2.05, 4.69) is 46.4 Å². The fraction of sp³-hybridized carbons (Fsp3) is 0.0909. The molecule has 0 atom stereocenters. The smallest absolute Gasteiger partial charge is 0.0707 e. The minimum atomic E-state index is 1.18. The molecule has 0 radical (unpaired) electrons. The number of rotatable bonds is 1. The van der Waals surface area contributed by atoms with Gasteiger partial charge < -0.3 is 5.32 Å². The lowest BCUT2D eigenvalue weighted by Gasteiger charge is -1.97. The van der Waals surface area contributed by atoms with Crippen molar-refractivity contribution in [1.82, 2.24) is 5.32 Å². The molecule has 1 N–H and O–H groups in total. The maximum Gasteiger partial charge on any atom is 0.0707 e. The van der Waals surface area contributed by atoms with Crippen molar-refractivity contribution in [3.63, 3.8) is 0 Å². The molecule has 0 bridgehead atoms. The van der Waals surface area contributed by atoms with E-state index in [1.807, 2.05) is 18.5 Å². The Morgan fingerprint density at radius 1 is 1.36 bits per heavy atom. The predicted molar refractivity (Wildman–Crippen MR) is 66.1 cm³/mol. The van der Waals surface area contributed by atoms with Gasteiger partial charge in [-0.3, -0.25) is 0 Å². The zero-order valence-corrected chi connectivity index (χ0v) is 10.2. The summed E-state index contributed by atoms with van der Waals surface area (Å²) < 4.78 is 1.18. The Hall–Kier alpha value is -0.800. The number of allylic oxidation sites excluding steroid dienone is 4. The zero-order chi connectivity index (χ0) is 9.97. The molecular weight excluding hydrogens is 258 g/mol. The monoisotopic (exact) mass is 267 g/mol. The van der Waals surface area contributed by atoms with Gasteiger partial charge in [0.2, 0.25) is 0 Å². The van der Waals surface area contributed by atoms with Crippen LogP contribution in [0.3, 0.4) is 0 Å². The highest BCUT2D eigenvalue weighted by Crippen LogP contribution is 2.32. The normalized spacial score (nSPS) is 14.9. The highest BCUT2D eigenvalue weighted by molar-refractivity contribution is 9.11. The molecule has 2 rings (SSSR count). The number of hydrogen-bond donors (Lipinski definition) is 1. The summed E-state index contributed by atoms with van der Waals surface area (Å²) in [6.07, 6.45) is 10.1. The van der Waals surface area contributed by atoms with Crippen molar-refractivity contribution in [3.05, 3.63) is 50.9 Å². The Morgan fingerprint density at radius 3 is 2.93 bits per heavy atom. The molecule has 3 heteroatoms. The lowest BCUT2D eigenvalue weighted by molar-refractivity contribution is 1.20. The molecule has 0 saturated heterocycles. The molecule has 1 aliphatic heterocycles. The van der Waals surface area contributed by atoms with Gasteiger partial charge in [-0.2, -0.15) is 0 Å². The summed E-state index contributed by atoms with van der Waals surface area (Å²) >= 11 is 5.27. The summed E-state index contributed by atoms with van der Waals surface area (Å²) in [7, 11) is 0. The lowest BCUT2D eigenvalue weighted by atomic mass is 10.1. The molecule has 0 saturated carbocycles. The highest BCUT2D eigenvalue weighted by atomic mass is 79.9. The van der Waals surface area contributed by atoms with Crippen LogP contribution in [0.5, 0.6) is 0 Å². The third-order valence-corrected chi connectivity index (χ3v) is 3.77. The van der Waals surface area contributed by atoms with Gasteiger partial charge in [-0.05, 0) is 52.2 Å². The second-order valence-electron chi connectivity index (χ2n) is 3.04. The topological polar surface area (TPSA) is 12.0 Å². The minimum absolute atomic E-state index is 1.18. The van der Waals surface area contributed by atoms with E-state index in [0.717, 1.165) is 0 Å². The molecular formula is C11H10BrNS. The van der Waals surface area contributed by atoms with E-state index >= 15 is 0 Å². The molecule has 0 unspecified atom stereocenters. The molecule has 1 aromatic heterocycles. The minimum Gasteiger partial charge on any atom is -0.368 e. The maximum atomic E-state index is 3.50. The van der Waals surface area contributed by atoms with E-state index in [1.165, 1.54) is 19.8 Å². The Bertz CT molecular complexity index is 426. The van der Waals surface area contributed by atoms with Crippen molar-refractivity contribution in [2.45, 2.75) is 6.92 Å². The van der Waals surface area contributed by atoms with E-state index in [9.17, 15) is 0 Å². The fourth-order valence-electron chi connectivity index (χ4n) is 1.34. The summed E-state index contributed by atoms with van der Waals surface area (Å²) in [6.45, 7) is 2.13. The van der Waals surface area contributed by atoms with Crippen molar-refractivity contribution in [1.29, 1.82) is 0 Å². The molecule has 0 aliphatic carbocycles. The van der Waals surface area contributed by atoms with Crippen molar-refractivity contribution < 1.29 is 0 Å². The fourth-order valence-corrected chi connectivity index (χ4v) is 3.07. The van der Waals surface area contributed by atoms with E-state index in [-0.39, 0.29) is 0 Å². The van der Waals surface area contributed by atoms with Crippen molar-refractivity contribution in [2.75, 3.05) is 0 Å². The van der Waals surface area contributed by atoms with Crippen LogP contribution >= 0.6 is 27.3 Å². The standard InChI is InChI=1S/C11H10BrNS/c1-8-7-10(12)14-11(8)9-3-2-5-13-6-4-9/h2-7,13H,1H3. The molecule has 0 aromatic carbocycles. The van der Waals surface area contributed by atoms with Crippen LogP contribution in [0, 0.1) is 6.92 Å². The molecule has 14 heavy (non-hydrogen) atoms. The van der Waals surface area contributed by atoms with E-state index in [1.54, 1.807) is 11.3 Å². The quantitative estimate of drug-likeness (QED) is 0.816. The zero-order valence-electron chi connectivity index (χ0n) is 7.75. The first-order valence-electron chi connectivity index (χ1n) is 4.33. The molecule has 2 heterocycles. The Balaban J connectivity index is 2.43. The Morgan fingerprint density at radius 2 is 2.21 bits per heavy atom. The Kier molecular flexibility index (Phi) is 2.89. The van der Waals surface area contributed by atoms with Gasteiger partial charge in [0.1, 0.15) is 0 Å². The average Bonchev–Trinajstić information content (AvgIpc) is 2.43. The van der Waals surface area contributed by atoms with Gasteiger partial charge in [0.25, 0.3) is 0 Å². The number of thiophene rings is 1. The third-order valence-electron chi connectivity index (χ3n) is 1.98. The van der Waals surface area contributed by atoms with Gasteiger partial charge >= 0.3 is 0 Å². The van der Waals surface area contributed by atoms with Crippen LogP contribution < -0.4 is 5.32 Å². The summed E-state index contributed by atoms with van der Waals surface area (Å²) in [6, 6.07) is 2.15. The van der Waals surface area contributed by atoms with E-state index in [4.69, 9.17) is 0 Å². The average molecular weight is 268 g/mol. The summed E-state index contributed by atoms with van der Waals surface area (Å²) in [5.41, 5.74) is 2.56. The van der Waals surface area contributed by atoms with Crippen LogP contribution in [-0.2, 0) is 0 Å². The highest BCUT2D eigenvalue weighted by Gasteiger charge is 2.06. The van der Waals surface area contributed by atoms with Crippen LogP contribution in [0.25, 0.3) is 5.57 Å². The van der Waals surface area contributed by atoms with E-state index < -0.39 is 0 Å². The second kappa shape index (κ2) is 4.15. The van der Waals surface area contributed by atoms with Crippen LogP contribution in [0.2, 0.25) is 0 Å². The molecule has 1 aliphatic rings. The van der Waals surface area contributed by atoms with Gasteiger partial charge in [-0.15, -0.1) is 11.3 Å². The predicted octanol–water partition coefficient (Wildman–Crippen LogP) is 3.83. The Labute approximate surface area is 96.0 Å².